The van der Waals surface area contributed by atoms with Gasteiger partial charge in [-0.05, 0) is 25.0 Å². The minimum atomic E-state index is -0.724. The first-order valence-corrected chi connectivity index (χ1v) is 5.96. The van der Waals surface area contributed by atoms with Crippen molar-refractivity contribution in [3.63, 3.8) is 0 Å². The summed E-state index contributed by atoms with van der Waals surface area (Å²) in [5.41, 5.74) is 0. The van der Waals surface area contributed by atoms with Crippen LogP contribution in [-0.2, 0) is 4.79 Å². The molecule has 0 aromatic carbocycles. The molecule has 0 saturated carbocycles. The van der Waals surface area contributed by atoms with Crippen LogP contribution in [0.1, 0.15) is 26.2 Å². The van der Waals surface area contributed by atoms with Crippen LogP contribution in [0.3, 0.4) is 0 Å². The third kappa shape index (κ3) is 3.56. The maximum atomic E-state index is 10.7. The molecule has 0 aliphatic carbocycles. The summed E-state index contributed by atoms with van der Waals surface area (Å²) in [5, 5.41) is 12.0. The minimum Gasteiger partial charge on any atom is -0.480 e. The average Bonchev–Trinajstić information content (AvgIpc) is 2.15. The number of carboxylic acids is 1. The van der Waals surface area contributed by atoms with Crippen LogP contribution in [0, 0.1) is 0 Å². The number of rotatable bonds is 4. The van der Waals surface area contributed by atoms with Crippen molar-refractivity contribution < 1.29 is 9.90 Å². The molecule has 4 heteroatoms. The number of hydrogen-bond donors (Lipinski definition) is 2. The first-order valence-electron chi connectivity index (χ1n) is 4.80. The van der Waals surface area contributed by atoms with Crippen LogP contribution in [0.4, 0.5) is 0 Å². The minimum absolute atomic E-state index is 0.358. The molecule has 1 aliphatic rings. The van der Waals surface area contributed by atoms with Gasteiger partial charge in [0.25, 0.3) is 0 Å². The molecule has 1 aliphatic heterocycles. The second-order valence-corrected chi connectivity index (χ2v) is 4.53. The second-order valence-electron chi connectivity index (χ2n) is 3.38. The number of thioether (sulfide) groups is 1. The summed E-state index contributed by atoms with van der Waals surface area (Å²) in [5.74, 6) is 1.56. The molecule has 0 bridgehead atoms. The normalized spacial score (nSPS) is 25.5. The Kier molecular flexibility index (Phi) is 4.59. The van der Waals surface area contributed by atoms with Gasteiger partial charge in [-0.3, -0.25) is 4.79 Å². The van der Waals surface area contributed by atoms with Crippen molar-refractivity contribution in [1.82, 2.24) is 5.32 Å². The Morgan fingerprint density at radius 1 is 1.77 bits per heavy atom. The van der Waals surface area contributed by atoms with Gasteiger partial charge < -0.3 is 10.4 Å². The molecule has 0 spiro atoms. The summed E-state index contributed by atoms with van der Waals surface area (Å²) in [6.07, 6.45) is 2.99. The highest BCUT2D eigenvalue weighted by Gasteiger charge is 2.21. The molecule has 2 N–H and O–H groups in total. The maximum absolute atomic E-state index is 10.7. The highest BCUT2D eigenvalue weighted by atomic mass is 32.2. The van der Waals surface area contributed by atoms with E-state index in [1.807, 2.05) is 18.7 Å². The van der Waals surface area contributed by atoms with E-state index in [4.69, 9.17) is 5.11 Å². The topological polar surface area (TPSA) is 49.3 Å². The van der Waals surface area contributed by atoms with Gasteiger partial charge in [0.15, 0.2) is 0 Å². The third-order valence-corrected chi connectivity index (χ3v) is 3.52. The van der Waals surface area contributed by atoms with E-state index in [-0.39, 0.29) is 6.04 Å². The van der Waals surface area contributed by atoms with Crippen molar-refractivity contribution in [1.29, 1.82) is 0 Å². The number of carboxylic acid groups (broad SMARTS) is 1. The van der Waals surface area contributed by atoms with E-state index >= 15 is 0 Å². The zero-order valence-electron chi connectivity index (χ0n) is 7.95. The Hall–Kier alpha value is -0.220. The Morgan fingerprint density at radius 3 is 3.00 bits per heavy atom. The van der Waals surface area contributed by atoms with Gasteiger partial charge in [-0.1, -0.05) is 6.92 Å². The van der Waals surface area contributed by atoms with Gasteiger partial charge in [-0.25, -0.2) is 0 Å². The predicted octanol–water partition coefficient (Wildman–Crippen LogP) is 1.33. The van der Waals surface area contributed by atoms with Crippen LogP contribution < -0.4 is 5.32 Å². The Balaban J connectivity index is 2.31. The monoisotopic (exact) mass is 203 g/mol. The average molecular weight is 203 g/mol. The lowest BCUT2D eigenvalue weighted by Gasteiger charge is -2.25. The summed E-state index contributed by atoms with van der Waals surface area (Å²) in [6, 6.07) is 0.0449. The van der Waals surface area contributed by atoms with Crippen LogP contribution in [0.5, 0.6) is 0 Å². The van der Waals surface area contributed by atoms with Gasteiger partial charge in [0.1, 0.15) is 6.04 Å². The van der Waals surface area contributed by atoms with Gasteiger partial charge in [-0.2, -0.15) is 11.8 Å². The fraction of sp³-hybridized carbons (Fsp3) is 0.889. The molecule has 0 aromatic rings. The lowest BCUT2D eigenvalue weighted by Crippen LogP contribution is -2.45. The van der Waals surface area contributed by atoms with E-state index in [9.17, 15) is 4.79 Å². The van der Waals surface area contributed by atoms with Crippen molar-refractivity contribution in [2.24, 2.45) is 0 Å². The predicted molar refractivity (Wildman–Crippen MR) is 55.2 cm³/mol. The maximum Gasteiger partial charge on any atom is 0.320 e. The number of carbonyl (C=O) groups is 1. The molecule has 1 rings (SSSR count). The smallest absolute Gasteiger partial charge is 0.320 e. The van der Waals surface area contributed by atoms with Crippen molar-refractivity contribution in [3.05, 3.63) is 0 Å². The summed E-state index contributed by atoms with van der Waals surface area (Å²) in [7, 11) is 0. The number of aliphatic carboxylic acids is 1. The quantitative estimate of drug-likeness (QED) is 0.724. The lowest BCUT2D eigenvalue weighted by molar-refractivity contribution is -0.139. The first kappa shape index (κ1) is 10.9. The second kappa shape index (κ2) is 5.50. The zero-order valence-corrected chi connectivity index (χ0v) is 8.77. The number of nitrogens with one attached hydrogen (secondary N) is 1. The summed E-state index contributed by atoms with van der Waals surface area (Å²) in [4.78, 5) is 10.7. The largest absolute Gasteiger partial charge is 0.480 e. The van der Waals surface area contributed by atoms with Crippen LogP contribution in [0.25, 0.3) is 0 Å². The summed E-state index contributed by atoms with van der Waals surface area (Å²) in [6.45, 7) is 1.90. The molecule has 2 atom stereocenters. The van der Waals surface area contributed by atoms with Crippen molar-refractivity contribution in [2.75, 3.05) is 11.5 Å². The molecule has 1 heterocycles. The lowest BCUT2D eigenvalue weighted by atomic mass is 10.1. The zero-order chi connectivity index (χ0) is 9.68. The van der Waals surface area contributed by atoms with E-state index in [0.29, 0.717) is 12.5 Å². The van der Waals surface area contributed by atoms with Crippen LogP contribution in [-0.4, -0.2) is 34.7 Å². The van der Waals surface area contributed by atoms with Crippen molar-refractivity contribution >= 4 is 17.7 Å². The molecule has 0 aromatic heterocycles. The van der Waals surface area contributed by atoms with Gasteiger partial charge in [0.05, 0.1) is 0 Å². The van der Waals surface area contributed by atoms with E-state index in [2.05, 4.69) is 5.32 Å². The standard InChI is InChI=1S/C9H17NO2S/c1-2-8(9(11)12)10-7-4-3-5-13-6-7/h7-8,10H,2-6H2,1H3,(H,11,12). The van der Waals surface area contributed by atoms with Gasteiger partial charge in [0, 0.05) is 11.8 Å². The van der Waals surface area contributed by atoms with Gasteiger partial charge in [-0.15, -0.1) is 0 Å². The molecule has 2 unspecified atom stereocenters. The molecule has 3 nitrogen and oxygen atoms in total. The molecule has 0 amide bonds. The van der Waals surface area contributed by atoms with Crippen molar-refractivity contribution in [2.45, 2.75) is 38.3 Å². The third-order valence-electron chi connectivity index (χ3n) is 2.30. The van der Waals surface area contributed by atoms with E-state index < -0.39 is 5.97 Å². The summed E-state index contributed by atoms with van der Waals surface area (Å²) < 4.78 is 0. The van der Waals surface area contributed by atoms with Gasteiger partial charge >= 0.3 is 5.97 Å². The summed E-state index contributed by atoms with van der Waals surface area (Å²) >= 11 is 1.91. The Morgan fingerprint density at radius 2 is 2.54 bits per heavy atom. The Bertz CT molecular complexity index is 169. The molecule has 0 radical (unpaired) electrons. The van der Waals surface area contributed by atoms with E-state index in [1.165, 1.54) is 12.2 Å². The molecular weight excluding hydrogens is 186 g/mol. The van der Waals surface area contributed by atoms with Crippen molar-refractivity contribution in [3.8, 4) is 0 Å². The van der Waals surface area contributed by atoms with Gasteiger partial charge in [0.2, 0.25) is 0 Å². The molecule has 76 valence electrons. The fourth-order valence-corrected chi connectivity index (χ4v) is 2.61. The fourth-order valence-electron chi connectivity index (χ4n) is 1.52. The van der Waals surface area contributed by atoms with Crippen LogP contribution in [0.2, 0.25) is 0 Å². The molecule has 13 heavy (non-hydrogen) atoms. The van der Waals surface area contributed by atoms with Crippen LogP contribution >= 0.6 is 11.8 Å². The molecular formula is C9H17NO2S. The van der Waals surface area contributed by atoms with Crippen LogP contribution in [0.15, 0.2) is 0 Å². The molecule has 1 fully saturated rings. The number of hydrogen-bond acceptors (Lipinski definition) is 3. The molecule has 1 saturated heterocycles. The van der Waals surface area contributed by atoms with E-state index in [1.54, 1.807) is 0 Å². The highest BCUT2D eigenvalue weighted by Crippen LogP contribution is 2.17. The SMILES string of the molecule is CCC(NC1CCCSC1)C(=O)O. The first-order chi connectivity index (χ1) is 6.24. The highest BCUT2D eigenvalue weighted by molar-refractivity contribution is 7.99. The Labute approximate surface area is 83.3 Å². The van der Waals surface area contributed by atoms with E-state index in [0.717, 1.165) is 12.2 Å².